The van der Waals surface area contributed by atoms with Crippen molar-refractivity contribution in [3.05, 3.63) is 86.9 Å². The number of carbonyl (C=O) groups is 2. The molecule has 0 spiro atoms. The zero-order chi connectivity index (χ0) is 25.4. The van der Waals surface area contributed by atoms with Gasteiger partial charge in [0.05, 0.1) is 23.9 Å². The van der Waals surface area contributed by atoms with Gasteiger partial charge in [0.1, 0.15) is 5.75 Å². The lowest BCUT2D eigenvalue weighted by atomic mass is 10.2. The van der Waals surface area contributed by atoms with Gasteiger partial charge in [-0.2, -0.15) is 5.10 Å². The van der Waals surface area contributed by atoms with Crippen molar-refractivity contribution in [1.82, 2.24) is 5.43 Å². The second kappa shape index (κ2) is 12.4. The van der Waals surface area contributed by atoms with Crippen molar-refractivity contribution in [3.8, 4) is 17.2 Å². The van der Waals surface area contributed by atoms with E-state index in [1.165, 1.54) is 19.4 Å². The van der Waals surface area contributed by atoms with Crippen LogP contribution in [-0.4, -0.2) is 31.3 Å². The van der Waals surface area contributed by atoms with E-state index in [0.717, 1.165) is 0 Å². The SMILES string of the molecule is CC[C@H](Oc1ccc(Cl)cc1Cl)C(=O)N/N=C\c1ccc(OC(=O)c2ccc(Cl)cc2)c(OC)c1. The summed E-state index contributed by atoms with van der Waals surface area (Å²) in [6.07, 6.45) is 1.00. The zero-order valence-electron chi connectivity index (χ0n) is 18.8. The van der Waals surface area contributed by atoms with Crippen molar-refractivity contribution in [2.75, 3.05) is 7.11 Å². The number of hydrogen-bond donors (Lipinski definition) is 1. The molecule has 0 radical (unpaired) electrons. The number of esters is 1. The summed E-state index contributed by atoms with van der Waals surface area (Å²) in [7, 11) is 1.45. The first-order chi connectivity index (χ1) is 16.8. The van der Waals surface area contributed by atoms with E-state index < -0.39 is 18.0 Å². The molecule has 0 fully saturated rings. The van der Waals surface area contributed by atoms with E-state index in [2.05, 4.69) is 10.5 Å². The van der Waals surface area contributed by atoms with Crippen LogP contribution in [0.4, 0.5) is 0 Å². The number of nitrogens with zero attached hydrogens (tertiary/aromatic N) is 1. The highest BCUT2D eigenvalue weighted by atomic mass is 35.5. The van der Waals surface area contributed by atoms with Gasteiger partial charge < -0.3 is 14.2 Å². The van der Waals surface area contributed by atoms with Gasteiger partial charge in [0, 0.05) is 10.0 Å². The minimum Gasteiger partial charge on any atom is -0.493 e. The van der Waals surface area contributed by atoms with E-state index in [-0.39, 0.29) is 5.75 Å². The molecule has 0 bridgehead atoms. The first-order valence-corrected chi connectivity index (χ1v) is 11.5. The van der Waals surface area contributed by atoms with Crippen molar-refractivity contribution in [1.29, 1.82) is 0 Å². The lowest BCUT2D eigenvalue weighted by molar-refractivity contribution is -0.128. The molecule has 3 rings (SSSR count). The summed E-state index contributed by atoms with van der Waals surface area (Å²) in [5.41, 5.74) is 3.39. The molecule has 0 aliphatic rings. The van der Waals surface area contributed by atoms with Gasteiger partial charge in [0.25, 0.3) is 5.91 Å². The summed E-state index contributed by atoms with van der Waals surface area (Å²) in [6, 6.07) is 15.9. The molecule has 0 saturated carbocycles. The lowest BCUT2D eigenvalue weighted by Gasteiger charge is -2.16. The molecule has 1 atom stereocenters. The third-order valence-electron chi connectivity index (χ3n) is 4.69. The number of amides is 1. The Hall–Kier alpha value is -3.26. The van der Waals surface area contributed by atoms with Gasteiger partial charge in [0.15, 0.2) is 17.6 Å². The van der Waals surface area contributed by atoms with Crippen LogP contribution in [0.2, 0.25) is 15.1 Å². The molecule has 0 aromatic heterocycles. The highest BCUT2D eigenvalue weighted by Gasteiger charge is 2.19. The summed E-state index contributed by atoms with van der Waals surface area (Å²) in [6.45, 7) is 1.80. The quantitative estimate of drug-likeness (QED) is 0.153. The van der Waals surface area contributed by atoms with E-state index in [1.807, 2.05) is 0 Å². The van der Waals surface area contributed by atoms with E-state index in [1.54, 1.807) is 61.5 Å². The molecule has 1 N–H and O–H groups in total. The molecule has 1 amide bonds. The number of hydrogen-bond acceptors (Lipinski definition) is 6. The monoisotopic (exact) mass is 534 g/mol. The molecule has 3 aromatic carbocycles. The number of nitrogens with one attached hydrogen (secondary N) is 1. The van der Waals surface area contributed by atoms with Crippen LogP contribution in [0.3, 0.4) is 0 Å². The Morgan fingerprint density at radius 1 is 0.943 bits per heavy atom. The predicted octanol–water partition coefficient (Wildman–Crippen LogP) is 6.18. The Morgan fingerprint density at radius 3 is 2.29 bits per heavy atom. The number of carbonyl (C=O) groups excluding carboxylic acids is 2. The number of rotatable bonds is 9. The van der Waals surface area contributed by atoms with Gasteiger partial charge in [-0.3, -0.25) is 4.79 Å². The van der Waals surface area contributed by atoms with Crippen molar-refractivity contribution in [2.45, 2.75) is 19.4 Å². The fraction of sp³-hybridized carbons (Fsp3) is 0.160. The van der Waals surface area contributed by atoms with E-state index in [4.69, 9.17) is 49.0 Å². The summed E-state index contributed by atoms with van der Waals surface area (Å²) in [5.74, 6) is -0.117. The number of benzene rings is 3. The minimum atomic E-state index is -0.810. The van der Waals surface area contributed by atoms with Crippen molar-refractivity contribution < 1.29 is 23.8 Å². The Kier molecular flexibility index (Phi) is 9.37. The molecule has 10 heteroatoms. The first kappa shape index (κ1) is 26.3. The molecule has 35 heavy (non-hydrogen) atoms. The largest absolute Gasteiger partial charge is 0.493 e. The summed E-state index contributed by atoms with van der Waals surface area (Å²) >= 11 is 17.9. The van der Waals surface area contributed by atoms with Crippen molar-refractivity contribution in [3.63, 3.8) is 0 Å². The van der Waals surface area contributed by atoms with Gasteiger partial charge in [-0.25, -0.2) is 10.2 Å². The Labute approximate surface area is 217 Å². The van der Waals surface area contributed by atoms with Gasteiger partial charge in [-0.1, -0.05) is 41.7 Å². The molecule has 0 heterocycles. The van der Waals surface area contributed by atoms with E-state index in [9.17, 15) is 9.59 Å². The number of hydrazone groups is 1. The fourth-order valence-corrected chi connectivity index (χ4v) is 3.46. The second-order valence-electron chi connectivity index (χ2n) is 7.13. The van der Waals surface area contributed by atoms with Crippen LogP contribution in [0, 0.1) is 0 Å². The average Bonchev–Trinajstić information content (AvgIpc) is 2.84. The van der Waals surface area contributed by atoms with Crippen molar-refractivity contribution >= 4 is 52.9 Å². The van der Waals surface area contributed by atoms with Crippen LogP contribution in [0.25, 0.3) is 0 Å². The fourth-order valence-electron chi connectivity index (χ4n) is 2.88. The Bertz CT molecular complexity index is 1230. The van der Waals surface area contributed by atoms with Gasteiger partial charge in [-0.15, -0.1) is 0 Å². The first-order valence-electron chi connectivity index (χ1n) is 10.4. The normalized spacial score (nSPS) is 11.7. The molecule has 0 unspecified atom stereocenters. The maximum Gasteiger partial charge on any atom is 0.343 e. The summed E-state index contributed by atoms with van der Waals surface area (Å²) < 4.78 is 16.4. The third-order valence-corrected chi connectivity index (χ3v) is 5.47. The summed E-state index contributed by atoms with van der Waals surface area (Å²) in [5, 5.41) is 5.26. The average molecular weight is 536 g/mol. The molecule has 0 aliphatic heterocycles. The van der Waals surface area contributed by atoms with Crippen molar-refractivity contribution in [2.24, 2.45) is 5.10 Å². The van der Waals surface area contributed by atoms with Crippen LogP contribution < -0.4 is 19.6 Å². The molecule has 3 aromatic rings. The lowest BCUT2D eigenvalue weighted by Crippen LogP contribution is -2.35. The topological polar surface area (TPSA) is 86.2 Å². The minimum absolute atomic E-state index is 0.230. The highest BCUT2D eigenvalue weighted by molar-refractivity contribution is 6.35. The third kappa shape index (κ3) is 7.36. The Balaban J connectivity index is 1.63. The van der Waals surface area contributed by atoms with Gasteiger partial charge in [0.2, 0.25) is 0 Å². The molecule has 0 saturated heterocycles. The standard InChI is InChI=1S/C25H21Cl3N2O5/c1-3-20(34-21-11-9-18(27)13-19(21)28)24(31)30-29-14-15-4-10-22(23(12-15)33-2)35-25(32)16-5-7-17(26)8-6-16/h4-14,20H,3H2,1-2H3,(H,30,31)/b29-14-/t20-/m0/s1. The smallest absolute Gasteiger partial charge is 0.343 e. The summed E-state index contributed by atoms with van der Waals surface area (Å²) in [4.78, 5) is 24.9. The van der Waals surface area contributed by atoms with Crippen LogP contribution in [0.5, 0.6) is 17.2 Å². The Morgan fingerprint density at radius 2 is 1.63 bits per heavy atom. The number of halogens is 3. The highest BCUT2D eigenvalue weighted by Crippen LogP contribution is 2.29. The molecular weight excluding hydrogens is 515 g/mol. The molecule has 0 aliphatic carbocycles. The van der Waals surface area contributed by atoms with Gasteiger partial charge >= 0.3 is 5.97 Å². The molecule has 182 valence electrons. The molecule has 7 nitrogen and oxygen atoms in total. The van der Waals surface area contributed by atoms with Crippen LogP contribution >= 0.6 is 34.8 Å². The van der Waals surface area contributed by atoms with Crippen LogP contribution in [-0.2, 0) is 4.79 Å². The van der Waals surface area contributed by atoms with E-state index >= 15 is 0 Å². The maximum atomic E-state index is 12.5. The second-order valence-corrected chi connectivity index (χ2v) is 8.41. The van der Waals surface area contributed by atoms with Gasteiger partial charge in [-0.05, 0) is 72.6 Å². The molecular formula is C25H21Cl3N2O5. The van der Waals surface area contributed by atoms with E-state index in [0.29, 0.717) is 44.1 Å². The maximum absolute atomic E-state index is 12.5. The number of methoxy groups -OCH3 is 1. The van der Waals surface area contributed by atoms with Crippen LogP contribution in [0.1, 0.15) is 29.3 Å². The number of ether oxygens (including phenoxy) is 3. The van der Waals surface area contributed by atoms with Crippen LogP contribution in [0.15, 0.2) is 65.8 Å². The zero-order valence-corrected chi connectivity index (χ0v) is 21.0. The predicted molar refractivity (Wildman–Crippen MR) is 136 cm³/mol.